The summed E-state index contributed by atoms with van der Waals surface area (Å²) < 4.78 is 1.51. The van der Waals surface area contributed by atoms with E-state index in [1.807, 2.05) is 0 Å². The first-order chi connectivity index (χ1) is 7.66. The predicted molar refractivity (Wildman–Crippen MR) is 58.7 cm³/mol. The lowest BCUT2D eigenvalue weighted by Crippen LogP contribution is -2.49. The van der Waals surface area contributed by atoms with Crippen molar-refractivity contribution in [1.29, 1.82) is 0 Å². The molecule has 88 valence electrons. The van der Waals surface area contributed by atoms with E-state index in [9.17, 15) is 4.79 Å². The normalized spacial score (nSPS) is 25.4. The molecule has 0 aromatic carbocycles. The van der Waals surface area contributed by atoms with E-state index in [2.05, 4.69) is 15.6 Å². The highest BCUT2D eigenvalue weighted by molar-refractivity contribution is 5.92. The summed E-state index contributed by atoms with van der Waals surface area (Å²) in [4.78, 5) is 11.8. The first-order valence-electron chi connectivity index (χ1n) is 5.59. The fourth-order valence-corrected chi connectivity index (χ4v) is 2.03. The molecule has 1 aromatic heterocycles. The minimum Gasteiger partial charge on any atom is -0.346 e. The van der Waals surface area contributed by atoms with Crippen LogP contribution in [0.25, 0.3) is 0 Å². The highest BCUT2D eigenvalue weighted by Gasteiger charge is 2.24. The third-order valence-electron chi connectivity index (χ3n) is 2.97. The van der Waals surface area contributed by atoms with Crippen molar-refractivity contribution in [1.82, 2.24) is 20.3 Å². The van der Waals surface area contributed by atoms with Crippen molar-refractivity contribution in [2.45, 2.75) is 37.8 Å². The molecule has 0 bridgehead atoms. The molecule has 6 heteroatoms. The molecule has 1 heterocycles. The number of hydrogen-bond donors (Lipinski definition) is 2. The van der Waals surface area contributed by atoms with Crippen LogP contribution in [-0.4, -0.2) is 33.0 Å². The fraction of sp³-hybridized carbons (Fsp3) is 0.700. The maximum absolute atomic E-state index is 11.8. The monoisotopic (exact) mass is 223 g/mol. The van der Waals surface area contributed by atoms with Gasteiger partial charge in [0.25, 0.3) is 5.91 Å². The molecular formula is C10H17N5O. The number of amides is 1. The number of rotatable bonds is 2. The number of nitrogens with two attached hydrogens (primary N) is 1. The number of carbonyl (C=O) groups excluding carboxylic acids is 1. The van der Waals surface area contributed by atoms with Crippen LogP contribution in [0.5, 0.6) is 0 Å². The molecule has 0 unspecified atom stereocenters. The largest absolute Gasteiger partial charge is 0.346 e. The minimum absolute atomic E-state index is 0.0642. The van der Waals surface area contributed by atoms with Crippen LogP contribution in [-0.2, 0) is 7.05 Å². The zero-order valence-electron chi connectivity index (χ0n) is 9.39. The average Bonchev–Trinajstić information content (AvgIpc) is 2.68. The summed E-state index contributed by atoms with van der Waals surface area (Å²) in [6.07, 6.45) is 5.81. The van der Waals surface area contributed by atoms with Crippen molar-refractivity contribution in [2.24, 2.45) is 12.8 Å². The van der Waals surface area contributed by atoms with Gasteiger partial charge in [-0.3, -0.25) is 9.48 Å². The number of nitrogens with one attached hydrogen (secondary N) is 1. The summed E-state index contributed by atoms with van der Waals surface area (Å²) >= 11 is 0. The summed E-state index contributed by atoms with van der Waals surface area (Å²) in [5, 5.41) is 10.4. The number of carbonyl (C=O) groups is 1. The lowest BCUT2D eigenvalue weighted by atomic mass is 9.91. The Kier molecular flexibility index (Phi) is 3.19. The fourth-order valence-electron chi connectivity index (χ4n) is 2.03. The molecule has 1 aromatic rings. The molecule has 1 fully saturated rings. The topological polar surface area (TPSA) is 85.8 Å². The zero-order valence-corrected chi connectivity index (χ0v) is 9.39. The van der Waals surface area contributed by atoms with E-state index in [0.29, 0.717) is 5.69 Å². The van der Waals surface area contributed by atoms with E-state index >= 15 is 0 Å². The lowest BCUT2D eigenvalue weighted by Gasteiger charge is -2.28. The Hall–Kier alpha value is -1.43. The molecule has 2 atom stereocenters. The summed E-state index contributed by atoms with van der Waals surface area (Å²) in [7, 11) is 1.73. The minimum atomic E-state index is -0.185. The zero-order chi connectivity index (χ0) is 11.5. The van der Waals surface area contributed by atoms with Crippen molar-refractivity contribution in [3.8, 4) is 0 Å². The van der Waals surface area contributed by atoms with Crippen LogP contribution in [0.15, 0.2) is 6.20 Å². The molecule has 0 radical (unpaired) electrons. The van der Waals surface area contributed by atoms with E-state index in [-0.39, 0.29) is 18.0 Å². The van der Waals surface area contributed by atoms with E-state index in [1.165, 1.54) is 4.68 Å². The molecule has 2 rings (SSSR count). The van der Waals surface area contributed by atoms with Crippen molar-refractivity contribution < 1.29 is 4.79 Å². The second kappa shape index (κ2) is 4.61. The SMILES string of the molecule is Cn1cc(C(=O)N[C@@H]2CCCC[C@H]2N)nn1. The summed E-state index contributed by atoms with van der Waals surface area (Å²) in [5.41, 5.74) is 6.30. The summed E-state index contributed by atoms with van der Waals surface area (Å²) in [5.74, 6) is -0.185. The Balaban J connectivity index is 1.96. The second-order valence-electron chi connectivity index (χ2n) is 4.31. The van der Waals surface area contributed by atoms with Gasteiger partial charge < -0.3 is 11.1 Å². The van der Waals surface area contributed by atoms with Gasteiger partial charge in [-0.05, 0) is 12.8 Å². The van der Waals surface area contributed by atoms with Gasteiger partial charge >= 0.3 is 0 Å². The molecule has 0 saturated heterocycles. The van der Waals surface area contributed by atoms with Crippen molar-refractivity contribution in [3.05, 3.63) is 11.9 Å². The van der Waals surface area contributed by atoms with Crippen molar-refractivity contribution >= 4 is 5.91 Å². The van der Waals surface area contributed by atoms with Gasteiger partial charge in [0.15, 0.2) is 5.69 Å². The average molecular weight is 223 g/mol. The molecule has 0 spiro atoms. The number of hydrogen-bond acceptors (Lipinski definition) is 4. The Morgan fingerprint density at radius 2 is 2.31 bits per heavy atom. The van der Waals surface area contributed by atoms with Crippen LogP contribution in [0.4, 0.5) is 0 Å². The highest BCUT2D eigenvalue weighted by Crippen LogP contribution is 2.17. The first-order valence-corrected chi connectivity index (χ1v) is 5.59. The Bertz CT molecular complexity index is 375. The van der Waals surface area contributed by atoms with Crippen LogP contribution < -0.4 is 11.1 Å². The lowest BCUT2D eigenvalue weighted by molar-refractivity contribution is 0.0916. The second-order valence-corrected chi connectivity index (χ2v) is 4.31. The third kappa shape index (κ3) is 2.38. The van der Waals surface area contributed by atoms with Crippen LogP contribution >= 0.6 is 0 Å². The molecule has 3 N–H and O–H groups in total. The van der Waals surface area contributed by atoms with Gasteiger partial charge in [0.2, 0.25) is 0 Å². The number of aromatic nitrogens is 3. The summed E-state index contributed by atoms with van der Waals surface area (Å²) in [6, 6.07) is 0.137. The highest BCUT2D eigenvalue weighted by atomic mass is 16.2. The molecule has 16 heavy (non-hydrogen) atoms. The van der Waals surface area contributed by atoms with Gasteiger partial charge in [0.05, 0.1) is 6.20 Å². The van der Waals surface area contributed by atoms with Gasteiger partial charge in [0.1, 0.15) is 0 Å². The van der Waals surface area contributed by atoms with E-state index in [0.717, 1.165) is 25.7 Å². The molecule has 1 aliphatic rings. The Morgan fingerprint density at radius 3 is 2.94 bits per heavy atom. The number of nitrogens with zero attached hydrogens (tertiary/aromatic N) is 3. The third-order valence-corrected chi connectivity index (χ3v) is 2.97. The maximum Gasteiger partial charge on any atom is 0.273 e. The quantitative estimate of drug-likeness (QED) is 0.728. The van der Waals surface area contributed by atoms with Crippen LogP contribution in [0.2, 0.25) is 0 Å². The van der Waals surface area contributed by atoms with Gasteiger partial charge in [-0.2, -0.15) is 0 Å². The molecule has 1 aliphatic carbocycles. The molecule has 6 nitrogen and oxygen atoms in total. The predicted octanol–water partition coefficient (Wildman–Crippen LogP) is -0.185. The molecule has 1 amide bonds. The van der Waals surface area contributed by atoms with Gasteiger partial charge in [0, 0.05) is 19.1 Å². The van der Waals surface area contributed by atoms with Crippen LogP contribution in [0.3, 0.4) is 0 Å². The number of aryl methyl sites for hydroxylation is 1. The van der Waals surface area contributed by atoms with Gasteiger partial charge in [-0.25, -0.2) is 0 Å². The maximum atomic E-state index is 11.8. The van der Waals surface area contributed by atoms with Crippen molar-refractivity contribution in [3.63, 3.8) is 0 Å². The Labute approximate surface area is 94.2 Å². The van der Waals surface area contributed by atoms with E-state index in [1.54, 1.807) is 13.2 Å². The van der Waals surface area contributed by atoms with Crippen molar-refractivity contribution in [2.75, 3.05) is 0 Å². The van der Waals surface area contributed by atoms with Gasteiger partial charge in [-0.1, -0.05) is 18.1 Å². The molecular weight excluding hydrogens is 206 g/mol. The van der Waals surface area contributed by atoms with E-state index in [4.69, 9.17) is 5.73 Å². The Morgan fingerprint density at radius 1 is 1.56 bits per heavy atom. The standard InChI is InChI=1S/C10H17N5O/c1-15-6-9(13-14-15)10(16)12-8-5-3-2-4-7(8)11/h6-8H,2-5,11H2,1H3,(H,12,16)/t7-,8-/m1/s1. The van der Waals surface area contributed by atoms with Crippen LogP contribution in [0, 0.1) is 0 Å². The van der Waals surface area contributed by atoms with E-state index < -0.39 is 0 Å². The summed E-state index contributed by atoms with van der Waals surface area (Å²) in [6.45, 7) is 0. The molecule has 0 aliphatic heterocycles. The van der Waals surface area contributed by atoms with Gasteiger partial charge in [-0.15, -0.1) is 5.10 Å². The first kappa shape index (κ1) is 11.1. The molecule has 1 saturated carbocycles. The van der Waals surface area contributed by atoms with Crippen LogP contribution in [0.1, 0.15) is 36.2 Å². The smallest absolute Gasteiger partial charge is 0.273 e.